The number of carbonyl (C=O) groups excluding carboxylic acids is 3. The van der Waals surface area contributed by atoms with Gasteiger partial charge in [0.15, 0.2) is 0 Å². The molecule has 1 fully saturated rings. The fourth-order valence-corrected chi connectivity index (χ4v) is 2.52. The summed E-state index contributed by atoms with van der Waals surface area (Å²) in [6.07, 6.45) is 4.21. The van der Waals surface area contributed by atoms with Crippen LogP contribution in [-0.2, 0) is 23.9 Å². The maximum absolute atomic E-state index is 11.8. The Kier molecular flexibility index (Phi) is 7.26. The van der Waals surface area contributed by atoms with Crippen molar-refractivity contribution in [3.63, 3.8) is 0 Å². The predicted molar refractivity (Wildman–Crippen MR) is 73.0 cm³/mol. The summed E-state index contributed by atoms with van der Waals surface area (Å²) in [5, 5.41) is 0. The Balaban J connectivity index is 2.42. The van der Waals surface area contributed by atoms with E-state index in [0.29, 0.717) is 12.8 Å². The second-order valence-corrected chi connectivity index (χ2v) is 5.12. The van der Waals surface area contributed by atoms with E-state index in [2.05, 4.69) is 6.92 Å². The zero-order chi connectivity index (χ0) is 15.0. The number of ketones is 1. The van der Waals surface area contributed by atoms with E-state index < -0.39 is 11.9 Å². The normalized spacial score (nSPS) is 21.8. The minimum absolute atomic E-state index is 0.176. The Bertz CT molecular complexity index is 350. The lowest BCUT2D eigenvalue weighted by Gasteiger charge is -2.18. The molecule has 2 atom stereocenters. The van der Waals surface area contributed by atoms with Crippen LogP contribution in [0.3, 0.4) is 0 Å². The van der Waals surface area contributed by atoms with Crippen molar-refractivity contribution in [3.05, 3.63) is 0 Å². The largest absolute Gasteiger partial charge is 0.466 e. The number of hydrogen-bond acceptors (Lipinski definition) is 5. The van der Waals surface area contributed by atoms with Gasteiger partial charge in [0.25, 0.3) is 0 Å². The van der Waals surface area contributed by atoms with Gasteiger partial charge in [0.1, 0.15) is 18.3 Å². The Hall–Kier alpha value is -1.39. The van der Waals surface area contributed by atoms with Gasteiger partial charge in [-0.2, -0.15) is 0 Å². The molecule has 0 radical (unpaired) electrons. The Labute approximate surface area is 120 Å². The molecule has 0 spiro atoms. The summed E-state index contributed by atoms with van der Waals surface area (Å²) in [6.45, 7) is 4.03. The smallest absolute Gasteiger partial charge is 0.317 e. The summed E-state index contributed by atoms with van der Waals surface area (Å²) >= 11 is 0. The molecule has 0 aromatic rings. The molecule has 5 nitrogen and oxygen atoms in total. The lowest BCUT2D eigenvalue weighted by Crippen LogP contribution is -2.26. The first-order valence-electron chi connectivity index (χ1n) is 7.46. The molecule has 1 saturated carbocycles. The summed E-state index contributed by atoms with van der Waals surface area (Å²) in [5.41, 5.74) is 0. The highest BCUT2D eigenvalue weighted by Gasteiger charge is 2.36. The Morgan fingerprint density at radius 2 is 1.95 bits per heavy atom. The van der Waals surface area contributed by atoms with Crippen LogP contribution in [-0.4, -0.2) is 30.4 Å². The van der Waals surface area contributed by atoms with Crippen molar-refractivity contribution in [2.75, 3.05) is 6.61 Å². The minimum atomic E-state index is -0.594. The highest BCUT2D eigenvalue weighted by Crippen LogP contribution is 2.29. The van der Waals surface area contributed by atoms with Crippen LogP contribution in [0.15, 0.2) is 0 Å². The molecule has 20 heavy (non-hydrogen) atoms. The zero-order valence-electron chi connectivity index (χ0n) is 12.4. The fraction of sp³-hybridized carbons (Fsp3) is 0.800. The summed E-state index contributed by atoms with van der Waals surface area (Å²) < 4.78 is 9.98. The number of esters is 2. The molecule has 1 aliphatic carbocycles. The average Bonchev–Trinajstić information content (AvgIpc) is 2.71. The molecule has 0 bridgehead atoms. The third-order valence-electron chi connectivity index (χ3n) is 3.53. The van der Waals surface area contributed by atoms with E-state index in [1.807, 2.05) is 0 Å². The summed E-state index contributed by atoms with van der Waals surface area (Å²) in [6, 6.07) is 0. The van der Waals surface area contributed by atoms with Crippen molar-refractivity contribution in [3.8, 4) is 0 Å². The van der Waals surface area contributed by atoms with Gasteiger partial charge in [-0.05, 0) is 19.8 Å². The molecule has 0 N–H and O–H groups in total. The van der Waals surface area contributed by atoms with Gasteiger partial charge in [-0.15, -0.1) is 0 Å². The van der Waals surface area contributed by atoms with Gasteiger partial charge < -0.3 is 9.47 Å². The van der Waals surface area contributed by atoms with Crippen LogP contribution in [0.5, 0.6) is 0 Å². The number of carbonyl (C=O) groups is 3. The first-order valence-corrected chi connectivity index (χ1v) is 7.46. The van der Waals surface area contributed by atoms with Gasteiger partial charge in [0.05, 0.1) is 12.5 Å². The third kappa shape index (κ3) is 5.31. The number of ether oxygens (including phenoxy) is 2. The summed E-state index contributed by atoms with van der Waals surface area (Å²) in [7, 11) is 0. The second kappa shape index (κ2) is 8.72. The molecular formula is C15H24O5. The van der Waals surface area contributed by atoms with Crippen LogP contribution >= 0.6 is 0 Å². The summed E-state index contributed by atoms with van der Waals surface area (Å²) in [4.78, 5) is 34.6. The Morgan fingerprint density at radius 1 is 1.20 bits per heavy atom. The number of rotatable bonds is 8. The van der Waals surface area contributed by atoms with Crippen LogP contribution in [0.25, 0.3) is 0 Å². The topological polar surface area (TPSA) is 69.7 Å². The van der Waals surface area contributed by atoms with Gasteiger partial charge in [-0.3, -0.25) is 14.4 Å². The molecule has 0 heterocycles. The molecule has 1 aliphatic rings. The van der Waals surface area contributed by atoms with E-state index in [0.717, 1.165) is 25.7 Å². The fourth-order valence-electron chi connectivity index (χ4n) is 2.52. The molecular weight excluding hydrogens is 260 g/mol. The molecule has 114 valence electrons. The van der Waals surface area contributed by atoms with Crippen LogP contribution in [0, 0.1) is 5.92 Å². The van der Waals surface area contributed by atoms with E-state index in [-0.39, 0.29) is 30.8 Å². The minimum Gasteiger partial charge on any atom is -0.466 e. The van der Waals surface area contributed by atoms with Gasteiger partial charge in [-0.25, -0.2) is 0 Å². The molecule has 1 rings (SSSR count). The first-order chi connectivity index (χ1) is 9.58. The monoisotopic (exact) mass is 284 g/mol. The third-order valence-corrected chi connectivity index (χ3v) is 3.53. The quantitative estimate of drug-likeness (QED) is 0.389. The van der Waals surface area contributed by atoms with Crippen molar-refractivity contribution in [1.82, 2.24) is 0 Å². The molecule has 2 unspecified atom stereocenters. The highest BCUT2D eigenvalue weighted by atomic mass is 16.6. The van der Waals surface area contributed by atoms with Gasteiger partial charge >= 0.3 is 11.9 Å². The molecule has 5 heteroatoms. The SMILES string of the molecule is CCCCCC1C(=O)CCC1OC(=O)CC(=O)OCC. The maximum Gasteiger partial charge on any atom is 0.317 e. The molecule has 0 aliphatic heterocycles. The van der Waals surface area contributed by atoms with Crippen LogP contribution in [0.1, 0.15) is 58.8 Å². The summed E-state index contributed by atoms with van der Waals surface area (Å²) in [5.74, 6) is -1.18. The molecule has 0 amide bonds. The standard InChI is InChI=1S/C15H24O5/c1-3-5-6-7-11-12(16)8-9-13(11)20-15(18)10-14(17)19-4-2/h11,13H,3-10H2,1-2H3. The van der Waals surface area contributed by atoms with E-state index in [1.54, 1.807) is 6.92 Å². The van der Waals surface area contributed by atoms with Crippen molar-refractivity contribution >= 4 is 17.7 Å². The highest BCUT2D eigenvalue weighted by molar-refractivity contribution is 5.91. The predicted octanol–water partition coefficient (Wildman–Crippen LogP) is 2.41. The van der Waals surface area contributed by atoms with E-state index in [9.17, 15) is 14.4 Å². The van der Waals surface area contributed by atoms with Crippen molar-refractivity contribution in [2.24, 2.45) is 5.92 Å². The lowest BCUT2D eigenvalue weighted by molar-refractivity contribution is -0.158. The molecule has 0 aromatic carbocycles. The van der Waals surface area contributed by atoms with E-state index >= 15 is 0 Å². The van der Waals surface area contributed by atoms with E-state index in [1.165, 1.54) is 0 Å². The first kappa shape index (κ1) is 16.7. The lowest BCUT2D eigenvalue weighted by atomic mass is 9.97. The van der Waals surface area contributed by atoms with Crippen LogP contribution in [0.4, 0.5) is 0 Å². The van der Waals surface area contributed by atoms with Gasteiger partial charge in [-0.1, -0.05) is 26.2 Å². The van der Waals surface area contributed by atoms with E-state index in [4.69, 9.17) is 9.47 Å². The molecule has 0 aromatic heterocycles. The number of unbranched alkanes of at least 4 members (excludes halogenated alkanes) is 2. The molecule has 0 saturated heterocycles. The Morgan fingerprint density at radius 3 is 2.60 bits per heavy atom. The maximum atomic E-state index is 11.8. The van der Waals surface area contributed by atoms with Crippen molar-refractivity contribution < 1.29 is 23.9 Å². The number of hydrogen-bond donors (Lipinski definition) is 0. The van der Waals surface area contributed by atoms with Gasteiger partial charge in [0.2, 0.25) is 0 Å². The van der Waals surface area contributed by atoms with Gasteiger partial charge in [0, 0.05) is 6.42 Å². The average molecular weight is 284 g/mol. The van der Waals surface area contributed by atoms with Crippen molar-refractivity contribution in [1.29, 1.82) is 0 Å². The van der Waals surface area contributed by atoms with Crippen LogP contribution in [0.2, 0.25) is 0 Å². The number of Topliss-reactive ketones (excluding diaryl/α,β-unsaturated/α-hetero) is 1. The second-order valence-electron chi connectivity index (χ2n) is 5.12. The zero-order valence-corrected chi connectivity index (χ0v) is 12.4. The van der Waals surface area contributed by atoms with Crippen LogP contribution < -0.4 is 0 Å². The van der Waals surface area contributed by atoms with Crippen molar-refractivity contribution in [2.45, 2.75) is 64.9 Å².